The first-order valence-corrected chi connectivity index (χ1v) is 14.2. The second-order valence-electron chi connectivity index (χ2n) is 8.79. The molecule has 0 bridgehead atoms. The second-order valence-corrected chi connectivity index (χ2v) is 10.9. The molecule has 0 aromatic heterocycles. The number of anilines is 1. The van der Waals surface area contributed by atoms with Gasteiger partial charge in [-0.1, -0.05) is 60.1 Å². The Morgan fingerprint density at radius 3 is 2.15 bits per heavy atom. The van der Waals surface area contributed by atoms with Crippen LogP contribution in [-0.4, -0.2) is 26.5 Å². The number of amides is 1. The van der Waals surface area contributed by atoms with Crippen LogP contribution in [0.15, 0.2) is 125 Å². The lowest BCUT2D eigenvalue weighted by Crippen LogP contribution is -2.18. The number of fused-ring (bicyclic) bond motifs is 1. The quantitative estimate of drug-likeness (QED) is 0.0966. The number of hydrogen-bond acceptors (Lipinski definition) is 6. The molecule has 0 heterocycles. The SMILES string of the molecule is O=C(NN=Cc1c(OC(=O)c2ccc(Cl)cc2)ccc2ccccc12)c1ccc(NS(=O)(=O)c2ccccc2)cc1. The average molecular weight is 584 g/mol. The fraction of sp³-hybridized carbons (Fsp3) is 0. The molecule has 10 heteroatoms. The van der Waals surface area contributed by atoms with E-state index in [0.29, 0.717) is 21.8 Å². The van der Waals surface area contributed by atoms with E-state index >= 15 is 0 Å². The molecule has 0 unspecified atom stereocenters. The zero-order chi connectivity index (χ0) is 28.8. The second kappa shape index (κ2) is 12.0. The standard InChI is InChI=1S/C31H22ClN3O5S/c32-24-15-10-23(11-16-24)31(37)40-29-19-14-21-6-4-5-9-27(21)28(29)20-33-34-30(36)22-12-17-25(18-13-22)35-41(38,39)26-7-2-1-3-8-26/h1-20,35H,(H,34,36). The van der Waals surface area contributed by atoms with Crippen molar-refractivity contribution < 1.29 is 22.7 Å². The maximum absolute atomic E-state index is 12.8. The van der Waals surface area contributed by atoms with E-state index in [4.69, 9.17) is 16.3 Å². The van der Waals surface area contributed by atoms with E-state index in [9.17, 15) is 18.0 Å². The number of carbonyl (C=O) groups excluding carboxylic acids is 2. The van der Waals surface area contributed by atoms with Crippen molar-refractivity contribution in [3.8, 4) is 5.75 Å². The third-order valence-electron chi connectivity index (χ3n) is 6.03. The Kier molecular flexibility index (Phi) is 8.09. The molecule has 0 saturated carbocycles. The Labute approximate surface area is 241 Å². The summed E-state index contributed by atoms with van der Waals surface area (Å²) in [4.78, 5) is 25.6. The van der Waals surface area contributed by atoms with E-state index in [-0.39, 0.29) is 16.2 Å². The normalized spacial score (nSPS) is 11.3. The highest BCUT2D eigenvalue weighted by Gasteiger charge is 2.15. The number of nitrogens with zero attached hydrogens (tertiary/aromatic N) is 1. The van der Waals surface area contributed by atoms with Crippen LogP contribution in [0.5, 0.6) is 5.75 Å². The number of sulfonamides is 1. The summed E-state index contributed by atoms with van der Waals surface area (Å²) in [5.41, 5.74) is 3.85. The molecule has 0 saturated heterocycles. The first-order valence-electron chi connectivity index (χ1n) is 12.3. The van der Waals surface area contributed by atoms with Gasteiger partial charge in [0.05, 0.1) is 16.7 Å². The summed E-state index contributed by atoms with van der Waals surface area (Å²) in [6, 6.07) is 31.2. The van der Waals surface area contributed by atoms with Gasteiger partial charge in [0, 0.05) is 21.8 Å². The van der Waals surface area contributed by atoms with Gasteiger partial charge in [0.1, 0.15) is 5.75 Å². The fourth-order valence-corrected chi connectivity index (χ4v) is 5.17. The van der Waals surface area contributed by atoms with Crippen LogP contribution in [0.25, 0.3) is 10.8 Å². The van der Waals surface area contributed by atoms with Crippen molar-refractivity contribution >= 4 is 56.2 Å². The molecule has 5 rings (SSSR count). The van der Waals surface area contributed by atoms with Crippen LogP contribution in [0.1, 0.15) is 26.3 Å². The van der Waals surface area contributed by atoms with Crippen molar-refractivity contribution in [1.29, 1.82) is 0 Å². The van der Waals surface area contributed by atoms with E-state index in [1.807, 2.05) is 30.3 Å². The maximum Gasteiger partial charge on any atom is 0.343 e. The number of hydrazone groups is 1. The van der Waals surface area contributed by atoms with Gasteiger partial charge in [-0.3, -0.25) is 9.52 Å². The summed E-state index contributed by atoms with van der Waals surface area (Å²) in [5.74, 6) is -0.825. The molecule has 0 aliphatic heterocycles. The van der Waals surface area contributed by atoms with Gasteiger partial charge in [0.2, 0.25) is 0 Å². The average Bonchev–Trinajstić information content (AvgIpc) is 2.99. The van der Waals surface area contributed by atoms with E-state index in [0.717, 1.165) is 10.8 Å². The van der Waals surface area contributed by atoms with Crippen molar-refractivity contribution in [3.05, 3.63) is 137 Å². The third-order valence-corrected chi connectivity index (χ3v) is 7.67. The molecule has 0 aliphatic carbocycles. The van der Waals surface area contributed by atoms with E-state index in [2.05, 4.69) is 15.2 Å². The number of esters is 1. The number of nitrogens with one attached hydrogen (secondary N) is 2. The largest absolute Gasteiger partial charge is 0.422 e. The van der Waals surface area contributed by atoms with Gasteiger partial charge in [0.15, 0.2) is 0 Å². The number of halogens is 1. The molecule has 41 heavy (non-hydrogen) atoms. The Morgan fingerprint density at radius 1 is 0.756 bits per heavy atom. The molecule has 8 nitrogen and oxygen atoms in total. The minimum atomic E-state index is -3.76. The Bertz CT molecular complexity index is 1860. The lowest BCUT2D eigenvalue weighted by molar-refractivity contribution is 0.0734. The van der Waals surface area contributed by atoms with Gasteiger partial charge in [-0.2, -0.15) is 5.10 Å². The summed E-state index contributed by atoms with van der Waals surface area (Å²) in [6.07, 6.45) is 1.41. The van der Waals surface area contributed by atoms with Crippen molar-refractivity contribution in [2.45, 2.75) is 4.90 Å². The number of rotatable bonds is 8. The summed E-state index contributed by atoms with van der Waals surface area (Å²) in [7, 11) is -3.76. The summed E-state index contributed by atoms with van der Waals surface area (Å²) < 4.78 is 33.2. The van der Waals surface area contributed by atoms with Gasteiger partial charge in [-0.25, -0.2) is 18.6 Å². The maximum atomic E-state index is 12.8. The molecule has 204 valence electrons. The fourth-order valence-electron chi connectivity index (χ4n) is 3.97. The van der Waals surface area contributed by atoms with Crippen LogP contribution >= 0.6 is 11.6 Å². The monoisotopic (exact) mass is 583 g/mol. The molecular weight excluding hydrogens is 562 g/mol. The number of hydrogen-bond donors (Lipinski definition) is 2. The highest BCUT2D eigenvalue weighted by molar-refractivity contribution is 7.92. The topological polar surface area (TPSA) is 114 Å². The molecule has 2 N–H and O–H groups in total. The van der Waals surface area contributed by atoms with Gasteiger partial charge in [-0.05, 0) is 77.5 Å². The van der Waals surface area contributed by atoms with Crippen molar-refractivity contribution in [1.82, 2.24) is 5.43 Å². The van der Waals surface area contributed by atoms with Crippen LogP contribution in [0, 0.1) is 0 Å². The number of ether oxygens (including phenoxy) is 1. The highest BCUT2D eigenvalue weighted by atomic mass is 35.5. The Morgan fingerprint density at radius 2 is 1.41 bits per heavy atom. The molecule has 0 atom stereocenters. The first-order chi connectivity index (χ1) is 19.8. The van der Waals surface area contributed by atoms with Crippen LogP contribution in [0.3, 0.4) is 0 Å². The van der Waals surface area contributed by atoms with Gasteiger partial charge in [-0.15, -0.1) is 0 Å². The molecule has 0 radical (unpaired) electrons. The third kappa shape index (κ3) is 6.60. The first kappa shape index (κ1) is 27.6. The summed E-state index contributed by atoms with van der Waals surface area (Å²) >= 11 is 5.92. The summed E-state index contributed by atoms with van der Waals surface area (Å²) in [6.45, 7) is 0. The lowest BCUT2D eigenvalue weighted by atomic mass is 10.0. The number of carbonyl (C=O) groups is 2. The van der Waals surface area contributed by atoms with Crippen molar-refractivity contribution in [3.63, 3.8) is 0 Å². The molecule has 5 aromatic carbocycles. The number of benzene rings is 5. The van der Waals surface area contributed by atoms with E-state index in [1.54, 1.807) is 48.5 Å². The Balaban J connectivity index is 1.31. The minimum absolute atomic E-state index is 0.128. The van der Waals surface area contributed by atoms with Crippen LogP contribution in [0.4, 0.5) is 5.69 Å². The van der Waals surface area contributed by atoms with Crippen LogP contribution < -0.4 is 14.9 Å². The van der Waals surface area contributed by atoms with Crippen LogP contribution in [-0.2, 0) is 10.0 Å². The zero-order valence-corrected chi connectivity index (χ0v) is 22.9. The minimum Gasteiger partial charge on any atom is -0.422 e. The van der Waals surface area contributed by atoms with Gasteiger partial charge in [0.25, 0.3) is 15.9 Å². The van der Waals surface area contributed by atoms with E-state index in [1.165, 1.54) is 42.6 Å². The molecule has 0 fully saturated rings. The molecule has 5 aromatic rings. The molecule has 0 spiro atoms. The predicted molar refractivity (Wildman–Crippen MR) is 159 cm³/mol. The van der Waals surface area contributed by atoms with E-state index < -0.39 is 21.9 Å². The summed E-state index contributed by atoms with van der Waals surface area (Å²) in [5, 5.41) is 6.25. The lowest BCUT2D eigenvalue weighted by Gasteiger charge is -2.11. The van der Waals surface area contributed by atoms with Crippen LogP contribution in [0.2, 0.25) is 5.02 Å². The zero-order valence-electron chi connectivity index (χ0n) is 21.3. The Hall–Kier alpha value is -4.99. The van der Waals surface area contributed by atoms with Gasteiger partial charge < -0.3 is 4.74 Å². The van der Waals surface area contributed by atoms with Crippen molar-refractivity contribution in [2.75, 3.05) is 4.72 Å². The van der Waals surface area contributed by atoms with Crippen molar-refractivity contribution in [2.24, 2.45) is 5.10 Å². The predicted octanol–water partition coefficient (Wildman–Crippen LogP) is 6.28. The molecule has 0 aliphatic rings. The highest BCUT2D eigenvalue weighted by Crippen LogP contribution is 2.27. The molecule has 1 amide bonds. The van der Waals surface area contributed by atoms with Gasteiger partial charge >= 0.3 is 5.97 Å². The molecular formula is C31H22ClN3O5S. The smallest absolute Gasteiger partial charge is 0.343 e.